The summed E-state index contributed by atoms with van der Waals surface area (Å²) in [5.74, 6) is 1.81. The first kappa shape index (κ1) is 31.9. The molecule has 1 aliphatic carbocycles. The van der Waals surface area contributed by atoms with E-state index in [0.717, 1.165) is 68.8 Å². The molecule has 4 heterocycles. The summed E-state index contributed by atoms with van der Waals surface area (Å²) in [4.78, 5) is 5.05. The minimum absolute atomic E-state index is 0.00130. The van der Waals surface area contributed by atoms with Crippen LogP contribution in [0.5, 0.6) is 11.5 Å². The first-order chi connectivity index (χ1) is 27.5. The molecule has 8 aromatic rings. The van der Waals surface area contributed by atoms with E-state index in [0.29, 0.717) is 0 Å². The van der Waals surface area contributed by atoms with E-state index in [9.17, 15) is 0 Å². The number of furan rings is 1. The lowest BCUT2D eigenvalue weighted by Crippen LogP contribution is -2.59. The second-order valence-corrected chi connectivity index (χ2v) is 16.3. The molecule has 4 nitrogen and oxygen atoms in total. The number of fused-ring (bicyclic) bond motifs is 8. The number of nitrogens with zero attached hydrogens (tertiary/aromatic N) is 2. The van der Waals surface area contributed by atoms with Gasteiger partial charge in [-0.2, -0.15) is 0 Å². The molecule has 4 aliphatic rings. The van der Waals surface area contributed by atoms with Crippen LogP contribution in [-0.2, 0) is 5.41 Å². The molecule has 0 atom stereocenters. The number of hydrogen-bond acceptors (Lipinski definition) is 4. The fraction of sp³-hybridized carbons (Fsp3) is 0.137. The highest BCUT2D eigenvalue weighted by atomic mass is 16.5. The van der Waals surface area contributed by atoms with E-state index in [4.69, 9.17) is 9.15 Å². The van der Waals surface area contributed by atoms with Crippen molar-refractivity contribution in [2.75, 3.05) is 9.80 Å². The monoisotopic (exact) mass is 722 g/mol. The van der Waals surface area contributed by atoms with Gasteiger partial charge in [-0.05, 0) is 113 Å². The molecule has 268 valence electrons. The summed E-state index contributed by atoms with van der Waals surface area (Å²) in [6, 6.07) is 55.1. The molecule has 0 amide bonds. The van der Waals surface area contributed by atoms with Crippen molar-refractivity contribution in [2.45, 2.75) is 44.9 Å². The molecule has 7 aromatic carbocycles. The Balaban J connectivity index is 1.09. The lowest BCUT2D eigenvalue weighted by molar-refractivity contribution is 0.487. The van der Waals surface area contributed by atoms with Crippen LogP contribution in [0.2, 0.25) is 0 Å². The number of benzene rings is 7. The minimum atomic E-state index is -0.0270. The molecular formula is C51H39BN2O2. The van der Waals surface area contributed by atoms with Crippen molar-refractivity contribution in [3.05, 3.63) is 168 Å². The lowest BCUT2D eigenvalue weighted by Gasteiger charge is -2.46. The SMILES string of the molecule is CC1(C)C2=C(CCCC2)N(c2ccc3c(c2)N(c2ccccc2)c2cccc4c2B3c2cc(-c3cccc5c3oc3ccccc35)ccc2O4)c2ccccc21. The summed E-state index contributed by atoms with van der Waals surface area (Å²) in [6.07, 6.45) is 4.70. The third-order valence-corrected chi connectivity index (χ3v) is 12.9. The molecule has 0 fully saturated rings. The first-order valence-electron chi connectivity index (χ1n) is 20.0. The Hall–Kier alpha value is -6.46. The zero-order valence-electron chi connectivity index (χ0n) is 31.6. The van der Waals surface area contributed by atoms with Crippen LogP contribution in [0.15, 0.2) is 167 Å². The van der Waals surface area contributed by atoms with Crippen LogP contribution < -0.4 is 30.9 Å². The first-order valence-corrected chi connectivity index (χ1v) is 20.0. The molecule has 1 aromatic heterocycles. The van der Waals surface area contributed by atoms with Crippen LogP contribution in [0, 0.1) is 0 Å². The van der Waals surface area contributed by atoms with Crippen LogP contribution in [-0.4, -0.2) is 6.71 Å². The minimum Gasteiger partial charge on any atom is -0.458 e. The summed E-state index contributed by atoms with van der Waals surface area (Å²) in [5.41, 5.74) is 18.1. The average Bonchev–Trinajstić information content (AvgIpc) is 3.63. The maximum atomic E-state index is 6.82. The van der Waals surface area contributed by atoms with Crippen molar-refractivity contribution in [2.24, 2.45) is 0 Å². The highest BCUT2D eigenvalue weighted by Crippen LogP contribution is 2.53. The van der Waals surface area contributed by atoms with Gasteiger partial charge in [-0.1, -0.05) is 111 Å². The molecule has 0 radical (unpaired) electrons. The van der Waals surface area contributed by atoms with Gasteiger partial charge in [-0.3, -0.25) is 0 Å². The largest absolute Gasteiger partial charge is 0.458 e. The fourth-order valence-corrected chi connectivity index (χ4v) is 10.4. The van der Waals surface area contributed by atoms with Gasteiger partial charge in [0.25, 0.3) is 6.71 Å². The second kappa shape index (κ2) is 11.8. The van der Waals surface area contributed by atoms with E-state index in [2.05, 4.69) is 169 Å². The van der Waals surface area contributed by atoms with Gasteiger partial charge < -0.3 is 19.0 Å². The van der Waals surface area contributed by atoms with E-state index in [1.807, 2.05) is 6.07 Å². The van der Waals surface area contributed by atoms with Crippen molar-refractivity contribution < 1.29 is 9.15 Å². The molecule has 12 rings (SSSR count). The molecule has 0 N–H and O–H groups in total. The maximum absolute atomic E-state index is 6.82. The summed E-state index contributed by atoms with van der Waals surface area (Å²) in [6.45, 7) is 4.82. The van der Waals surface area contributed by atoms with Crippen molar-refractivity contribution in [1.29, 1.82) is 0 Å². The molecule has 5 heteroatoms. The summed E-state index contributed by atoms with van der Waals surface area (Å²) < 4.78 is 13.4. The molecule has 0 spiro atoms. The predicted molar refractivity (Wildman–Crippen MR) is 232 cm³/mol. The number of rotatable bonds is 3. The zero-order valence-corrected chi connectivity index (χ0v) is 31.6. The number of ether oxygens (including phenoxy) is 1. The molecule has 0 bridgehead atoms. The number of allylic oxidation sites excluding steroid dienone is 2. The average molecular weight is 723 g/mol. The van der Waals surface area contributed by atoms with Crippen LogP contribution in [0.4, 0.5) is 28.4 Å². The van der Waals surface area contributed by atoms with Gasteiger partial charge in [0.2, 0.25) is 0 Å². The Morgan fingerprint density at radius 2 is 1.36 bits per heavy atom. The third-order valence-electron chi connectivity index (χ3n) is 12.9. The van der Waals surface area contributed by atoms with Gasteiger partial charge >= 0.3 is 0 Å². The van der Waals surface area contributed by atoms with Crippen LogP contribution >= 0.6 is 0 Å². The van der Waals surface area contributed by atoms with E-state index >= 15 is 0 Å². The number of anilines is 5. The Labute approximate surface area is 327 Å². The van der Waals surface area contributed by atoms with Crippen molar-refractivity contribution >= 4 is 73.5 Å². The van der Waals surface area contributed by atoms with Gasteiger partial charge in [-0.25, -0.2) is 0 Å². The van der Waals surface area contributed by atoms with E-state index in [1.54, 1.807) is 5.57 Å². The van der Waals surface area contributed by atoms with Crippen LogP contribution in [0.3, 0.4) is 0 Å². The molecule has 3 aliphatic heterocycles. The molecule has 56 heavy (non-hydrogen) atoms. The van der Waals surface area contributed by atoms with Gasteiger partial charge in [0.1, 0.15) is 22.7 Å². The van der Waals surface area contributed by atoms with Crippen molar-refractivity contribution in [3.63, 3.8) is 0 Å². The van der Waals surface area contributed by atoms with E-state index in [-0.39, 0.29) is 12.1 Å². The molecular weight excluding hydrogens is 683 g/mol. The molecule has 0 saturated carbocycles. The molecule has 0 saturated heterocycles. The standard InChI is InChI=1S/C51H39BN2O2/c1-51(2)38-19-7-9-21-42(38)54(43-22-10-8-20-39(43)51)34-27-28-40-45(31-34)53(33-14-4-3-5-15-33)44-23-13-25-48-49(44)52(40)41-30-32(26-29-47(41)55-48)35-17-12-18-37-36-16-6-11-24-46(36)56-50(35)37/h3-7,9,11-19,21,23-31H,8,10,20,22H2,1-2H3. The normalized spacial score (nSPS) is 16.2. The van der Waals surface area contributed by atoms with Gasteiger partial charge in [-0.15, -0.1) is 0 Å². The summed E-state index contributed by atoms with van der Waals surface area (Å²) in [7, 11) is 0. The second-order valence-electron chi connectivity index (χ2n) is 16.3. The Kier molecular flexibility index (Phi) is 6.70. The highest BCUT2D eigenvalue weighted by Gasteiger charge is 2.44. The van der Waals surface area contributed by atoms with E-state index < -0.39 is 0 Å². The Morgan fingerprint density at radius 3 is 2.29 bits per heavy atom. The van der Waals surface area contributed by atoms with Crippen molar-refractivity contribution in [1.82, 2.24) is 0 Å². The summed E-state index contributed by atoms with van der Waals surface area (Å²) >= 11 is 0. The Morgan fingerprint density at radius 1 is 0.571 bits per heavy atom. The number of hydrogen-bond donors (Lipinski definition) is 0. The van der Waals surface area contributed by atoms with Crippen LogP contribution in [0.25, 0.3) is 33.1 Å². The smallest absolute Gasteiger partial charge is 0.256 e. The van der Waals surface area contributed by atoms with Gasteiger partial charge in [0.15, 0.2) is 0 Å². The van der Waals surface area contributed by atoms with Crippen molar-refractivity contribution in [3.8, 4) is 22.6 Å². The fourth-order valence-electron chi connectivity index (χ4n) is 10.4. The topological polar surface area (TPSA) is 28.9 Å². The molecule has 0 unspecified atom stereocenters. The highest BCUT2D eigenvalue weighted by molar-refractivity contribution is 6.99. The van der Waals surface area contributed by atoms with Gasteiger partial charge in [0.05, 0.1) is 0 Å². The Bertz CT molecular complexity index is 2960. The zero-order chi connectivity index (χ0) is 37.1. The third kappa shape index (κ3) is 4.43. The predicted octanol–water partition coefficient (Wildman–Crippen LogP) is 11.9. The maximum Gasteiger partial charge on any atom is 0.256 e. The van der Waals surface area contributed by atoms with Crippen LogP contribution in [0.1, 0.15) is 45.1 Å². The van der Waals surface area contributed by atoms with E-state index in [1.165, 1.54) is 57.6 Å². The summed E-state index contributed by atoms with van der Waals surface area (Å²) in [5, 5.41) is 2.27. The lowest BCUT2D eigenvalue weighted by atomic mass is 9.34. The van der Waals surface area contributed by atoms with Gasteiger partial charge in [0, 0.05) is 55.9 Å². The number of para-hydroxylation sites is 4. The quantitative estimate of drug-likeness (QED) is 0.170.